The Hall–Kier alpha value is -0.610. The van der Waals surface area contributed by atoms with Crippen LogP contribution in [-0.4, -0.2) is 44.0 Å². The summed E-state index contributed by atoms with van der Waals surface area (Å²) in [5.74, 6) is 0.743. The molecule has 0 saturated heterocycles. The first-order valence-electron chi connectivity index (χ1n) is 5.62. The van der Waals surface area contributed by atoms with Gasteiger partial charge in [-0.2, -0.15) is 0 Å². The van der Waals surface area contributed by atoms with Crippen LogP contribution >= 0.6 is 0 Å². The van der Waals surface area contributed by atoms with E-state index in [-0.39, 0.29) is 11.9 Å². The van der Waals surface area contributed by atoms with Crippen molar-refractivity contribution < 1.29 is 4.79 Å². The summed E-state index contributed by atoms with van der Waals surface area (Å²) in [5.41, 5.74) is 5.66. The molecule has 0 aliphatic carbocycles. The summed E-state index contributed by atoms with van der Waals surface area (Å²) in [6, 6.07) is 0.156. The molecule has 0 fully saturated rings. The second kappa shape index (κ2) is 7.65. The van der Waals surface area contributed by atoms with Crippen LogP contribution in [0.5, 0.6) is 0 Å². The molecule has 0 aromatic rings. The monoisotopic (exact) mass is 215 g/mol. The minimum absolute atomic E-state index is 0.0573. The molecule has 0 aromatic heterocycles. The standard InChI is InChI=1S/C11H25N3O/c1-9(2)5-6-14(4)10(8-12)7-11(15)13-3/h9-10H,5-8,12H2,1-4H3,(H,13,15). The molecule has 4 nitrogen and oxygen atoms in total. The third kappa shape index (κ3) is 6.47. The SMILES string of the molecule is CNC(=O)CC(CN)N(C)CCC(C)C. The first-order chi connectivity index (χ1) is 7.01. The van der Waals surface area contributed by atoms with Crippen LogP contribution in [0.3, 0.4) is 0 Å². The van der Waals surface area contributed by atoms with Crippen molar-refractivity contribution in [3.8, 4) is 0 Å². The highest BCUT2D eigenvalue weighted by molar-refractivity contribution is 5.76. The minimum Gasteiger partial charge on any atom is -0.359 e. The number of likely N-dealkylation sites (N-methyl/N-ethyl adjacent to an activating group) is 1. The summed E-state index contributed by atoms with van der Waals surface area (Å²) in [6.45, 7) is 5.92. The zero-order chi connectivity index (χ0) is 11.8. The second-order valence-corrected chi connectivity index (χ2v) is 4.43. The largest absolute Gasteiger partial charge is 0.359 e. The maximum atomic E-state index is 11.2. The molecule has 4 heteroatoms. The van der Waals surface area contributed by atoms with Crippen LogP contribution in [0.4, 0.5) is 0 Å². The van der Waals surface area contributed by atoms with Gasteiger partial charge in [0.15, 0.2) is 0 Å². The van der Waals surface area contributed by atoms with E-state index in [0.717, 1.165) is 13.0 Å². The Morgan fingerprint density at radius 3 is 2.47 bits per heavy atom. The van der Waals surface area contributed by atoms with Gasteiger partial charge >= 0.3 is 0 Å². The van der Waals surface area contributed by atoms with Crippen molar-refractivity contribution in [1.82, 2.24) is 10.2 Å². The predicted molar refractivity (Wildman–Crippen MR) is 63.6 cm³/mol. The van der Waals surface area contributed by atoms with Gasteiger partial charge in [0.2, 0.25) is 5.91 Å². The fourth-order valence-electron chi connectivity index (χ4n) is 1.38. The molecule has 0 heterocycles. The topological polar surface area (TPSA) is 58.4 Å². The number of nitrogens with two attached hydrogens (primary N) is 1. The number of carbonyl (C=O) groups is 1. The van der Waals surface area contributed by atoms with Crippen molar-refractivity contribution in [3.63, 3.8) is 0 Å². The molecule has 0 aliphatic rings. The van der Waals surface area contributed by atoms with Crippen LogP contribution in [-0.2, 0) is 4.79 Å². The van der Waals surface area contributed by atoms with Crippen LogP contribution in [0.1, 0.15) is 26.7 Å². The average molecular weight is 215 g/mol. The van der Waals surface area contributed by atoms with Gasteiger partial charge in [-0.15, -0.1) is 0 Å². The van der Waals surface area contributed by atoms with Gasteiger partial charge in [0.1, 0.15) is 0 Å². The van der Waals surface area contributed by atoms with Gasteiger partial charge in [-0.25, -0.2) is 0 Å². The minimum atomic E-state index is 0.0573. The van der Waals surface area contributed by atoms with E-state index in [1.807, 2.05) is 7.05 Å². The van der Waals surface area contributed by atoms with Crippen LogP contribution in [0.15, 0.2) is 0 Å². The van der Waals surface area contributed by atoms with Gasteiger partial charge in [0, 0.05) is 26.1 Å². The highest BCUT2D eigenvalue weighted by Gasteiger charge is 2.16. The number of rotatable bonds is 7. The molecule has 15 heavy (non-hydrogen) atoms. The molecule has 90 valence electrons. The Labute approximate surface area is 93.2 Å². The molecule has 1 atom stereocenters. The van der Waals surface area contributed by atoms with Gasteiger partial charge in [0.25, 0.3) is 0 Å². The molecule has 0 spiro atoms. The second-order valence-electron chi connectivity index (χ2n) is 4.43. The van der Waals surface area contributed by atoms with E-state index in [1.54, 1.807) is 7.05 Å². The Morgan fingerprint density at radius 2 is 2.07 bits per heavy atom. The number of amides is 1. The summed E-state index contributed by atoms with van der Waals surface area (Å²) >= 11 is 0. The van der Waals surface area contributed by atoms with Crippen molar-refractivity contribution in [1.29, 1.82) is 0 Å². The summed E-state index contributed by atoms with van der Waals surface area (Å²) in [4.78, 5) is 13.4. The summed E-state index contributed by atoms with van der Waals surface area (Å²) in [7, 11) is 3.69. The van der Waals surface area contributed by atoms with Crippen LogP contribution < -0.4 is 11.1 Å². The first kappa shape index (κ1) is 14.4. The van der Waals surface area contributed by atoms with E-state index in [0.29, 0.717) is 18.9 Å². The molecule has 0 aliphatic heterocycles. The molecule has 3 N–H and O–H groups in total. The molecule has 0 radical (unpaired) electrons. The number of nitrogens with one attached hydrogen (secondary N) is 1. The highest BCUT2D eigenvalue weighted by Crippen LogP contribution is 2.05. The molecule has 0 aromatic carbocycles. The van der Waals surface area contributed by atoms with Gasteiger partial charge in [-0.05, 0) is 25.9 Å². The molecule has 0 saturated carbocycles. The predicted octanol–water partition coefficient (Wildman–Crippen LogP) is 0.428. The van der Waals surface area contributed by atoms with E-state index in [2.05, 4.69) is 24.1 Å². The quantitative estimate of drug-likeness (QED) is 0.647. The third-order valence-corrected chi connectivity index (χ3v) is 2.65. The lowest BCUT2D eigenvalue weighted by Gasteiger charge is -2.26. The van der Waals surface area contributed by atoms with Gasteiger partial charge < -0.3 is 16.0 Å². The average Bonchev–Trinajstić information content (AvgIpc) is 2.21. The van der Waals surface area contributed by atoms with Gasteiger partial charge in [-0.1, -0.05) is 13.8 Å². The molecule has 1 unspecified atom stereocenters. The Bertz CT molecular complexity index is 183. The highest BCUT2D eigenvalue weighted by atomic mass is 16.1. The molecule has 1 amide bonds. The number of hydrogen-bond donors (Lipinski definition) is 2. The Morgan fingerprint density at radius 1 is 1.47 bits per heavy atom. The maximum absolute atomic E-state index is 11.2. The van der Waals surface area contributed by atoms with Crippen LogP contribution in [0, 0.1) is 5.92 Å². The lowest BCUT2D eigenvalue weighted by atomic mass is 10.1. The van der Waals surface area contributed by atoms with Gasteiger partial charge in [0.05, 0.1) is 0 Å². The zero-order valence-corrected chi connectivity index (χ0v) is 10.4. The molecule has 0 bridgehead atoms. The molecular weight excluding hydrogens is 190 g/mol. The van der Waals surface area contributed by atoms with Crippen LogP contribution in [0.25, 0.3) is 0 Å². The van der Waals surface area contributed by atoms with E-state index in [1.165, 1.54) is 0 Å². The van der Waals surface area contributed by atoms with Crippen molar-refractivity contribution >= 4 is 5.91 Å². The molecule has 0 rings (SSSR count). The van der Waals surface area contributed by atoms with Gasteiger partial charge in [-0.3, -0.25) is 4.79 Å². The lowest BCUT2D eigenvalue weighted by molar-refractivity contribution is -0.121. The smallest absolute Gasteiger partial charge is 0.221 e. The first-order valence-corrected chi connectivity index (χ1v) is 5.62. The van der Waals surface area contributed by atoms with E-state index in [4.69, 9.17) is 5.73 Å². The Balaban J connectivity index is 3.98. The summed E-state index contributed by atoms with van der Waals surface area (Å²) < 4.78 is 0. The number of hydrogen-bond acceptors (Lipinski definition) is 3. The van der Waals surface area contributed by atoms with E-state index >= 15 is 0 Å². The van der Waals surface area contributed by atoms with Crippen molar-refractivity contribution in [2.45, 2.75) is 32.7 Å². The van der Waals surface area contributed by atoms with E-state index in [9.17, 15) is 4.79 Å². The Kier molecular flexibility index (Phi) is 7.34. The molecular formula is C11H25N3O. The van der Waals surface area contributed by atoms with Crippen LogP contribution in [0.2, 0.25) is 0 Å². The number of carbonyl (C=O) groups excluding carboxylic acids is 1. The van der Waals surface area contributed by atoms with E-state index < -0.39 is 0 Å². The normalized spacial score (nSPS) is 13.3. The summed E-state index contributed by atoms with van der Waals surface area (Å²) in [6.07, 6.45) is 1.63. The third-order valence-electron chi connectivity index (χ3n) is 2.65. The van der Waals surface area contributed by atoms with Crippen molar-refractivity contribution in [2.75, 3.05) is 27.2 Å². The lowest BCUT2D eigenvalue weighted by Crippen LogP contribution is -2.42. The number of nitrogens with zero attached hydrogens (tertiary/aromatic N) is 1. The van der Waals surface area contributed by atoms with Crippen molar-refractivity contribution in [3.05, 3.63) is 0 Å². The zero-order valence-electron chi connectivity index (χ0n) is 10.4. The maximum Gasteiger partial charge on any atom is 0.221 e. The summed E-state index contributed by atoms with van der Waals surface area (Å²) in [5, 5.41) is 2.63. The fraction of sp³-hybridized carbons (Fsp3) is 0.909. The van der Waals surface area contributed by atoms with Crippen molar-refractivity contribution in [2.24, 2.45) is 11.7 Å². The fourth-order valence-corrected chi connectivity index (χ4v) is 1.38.